The quantitative estimate of drug-likeness (QED) is 0.632. The van der Waals surface area contributed by atoms with Crippen molar-refractivity contribution >= 4 is 18.0 Å². The minimum Gasteiger partial charge on any atom is -0.479 e. The van der Waals surface area contributed by atoms with Crippen molar-refractivity contribution in [3.63, 3.8) is 0 Å². The number of alkyl carbamates (subject to hydrolysis) is 1. The van der Waals surface area contributed by atoms with Crippen LogP contribution in [0, 0.1) is 0 Å². The molecule has 2 N–H and O–H groups in total. The van der Waals surface area contributed by atoms with E-state index in [9.17, 15) is 32.7 Å². The van der Waals surface area contributed by atoms with E-state index in [-0.39, 0.29) is 25.4 Å². The van der Waals surface area contributed by atoms with Gasteiger partial charge in [-0.15, -0.1) is 0 Å². The standard InChI is InChI=1S/C24H23F3N2O5/c1-29(23(10-11-23)21(31)32)20(30)12-19(24(25,26)27)28-22(33)34-13-18-16-8-4-2-6-14(16)15-7-3-5-9-17(15)18/h2-9,18-19H,10-13H2,1H3,(H,28,33)(H,31,32). The summed E-state index contributed by atoms with van der Waals surface area (Å²) < 4.78 is 45.8. The number of carboxylic acids is 1. The van der Waals surface area contributed by atoms with Crippen LogP contribution in [-0.2, 0) is 14.3 Å². The molecule has 0 aromatic heterocycles. The zero-order valence-corrected chi connectivity index (χ0v) is 18.3. The minimum atomic E-state index is -4.93. The molecule has 2 aromatic carbocycles. The number of amides is 2. The number of aliphatic carboxylic acids is 1. The number of rotatable bonds is 7. The number of carboxylic acid groups (broad SMARTS) is 1. The van der Waals surface area contributed by atoms with Crippen molar-refractivity contribution in [3.8, 4) is 11.1 Å². The lowest BCUT2D eigenvalue weighted by Crippen LogP contribution is -2.51. The van der Waals surface area contributed by atoms with E-state index in [0.717, 1.165) is 34.2 Å². The van der Waals surface area contributed by atoms with Gasteiger partial charge in [-0.25, -0.2) is 9.59 Å². The lowest BCUT2D eigenvalue weighted by atomic mass is 9.98. The first-order valence-corrected chi connectivity index (χ1v) is 10.7. The van der Waals surface area contributed by atoms with E-state index in [1.807, 2.05) is 48.5 Å². The molecule has 1 atom stereocenters. The maximum atomic E-state index is 13.6. The number of nitrogens with zero attached hydrogens (tertiary/aromatic N) is 1. The number of halogens is 3. The van der Waals surface area contributed by atoms with Gasteiger partial charge < -0.3 is 20.1 Å². The molecular weight excluding hydrogens is 453 g/mol. The van der Waals surface area contributed by atoms with Crippen LogP contribution in [-0.4, -0.2) is 59.4 Å². The summed E-state index contributed by atoms with van der Waals surface area (Å²) in [6.07, 6.45) is -7.03. The number of ether oxygens (including phenoxy) is 1. The van der Waals surface area contributed by atoms with Gasteiger partial charge in [-0.2, -0.15) is 13.2 Å². The first kappa shape index (κ1) is 23.6. The van der Waals surface area contributed by atoms with Crippen LogP contribution in [0.1, 0.15) is 36.3 Å². The van der Waals surface area contributed by atoms with Crippen molar-refractivity contribution in [2.45, 2.75) is 42.9 Å². The van der Waals surface area contributed by atoms with E-state index in [1.165, 1.54) is 0 Å². The molecule has 1 saturated carbocycles. The fraction of sp³-hybridized carbons (Fsp3) is 0.375. The fourth-order valence-electron chi connectivity index (χ4n) is 4.39. The molecule has 34 heavy (non-hydrogen) atoms. The lowest BCUT2D eigenvalue weighted by Gasteiger charge is -2.28. The minimum absolute atomic E-state index is 0.168. The maximum absolute atomic E-state index is 13.6. The van der Waals surface area contributed by atoms with Crippen molar-refractivity contribution in [1.29, 1.82) is 0 Å². The highest BCUT2D eigenvalue weighted by molar-refractivity contribution is 5.90. The zero-order chi connectivity index (χ0) is 24.7. The van der Waals surface area contributed by atoms with Crippen molar-refractivity contribution in [2.24, 2.45) is 0 Å². The predicted molar refractivity (Wildman–Crippen MR) is 115 cm³/mol. The average Bonchev–Trinajstić information content (AvgIpc) is 3.55. The van der Waals surface area contributed by atoms with Crippen LogP contribution in [0.3, 0.4) is 0 Å². The van der Waals surface area contributed by atoms with E-state index in [1.54, 1.807) is 5.32 Å². The maximum Gasteiger partial charge on any atom is 0.409 e. The Morgan fingerprint density at radius 2 is 1.62 bits per heavy atom. The van der Waals surface area contributed by atoms with Crippen LogP contribution in [0.2, 0.25) is 0 Å². The Labute approximate surface area is 193 Å². The molecule has 0 bridgehead atoms. The number of nitrogens with one attached hydrogen (secondary N) is 1. The average molecular weight is 476 g/mol. The summed E-state index contributed by atoms with van der Waals surface area (Å²) in [6.45, 7) is -0.180. The van der Waals surface area contributed by atoms with Crippen LogP contribution in [0.25, 0.3) is 11.1 Å². The predicted octanol–water partition coefficient (Wildman–Crippen LogP) is 3.92. The molecule has 4 rings (SSSR count). The van der Waals surface area contributed by atoms with Gasteiger partial charge in [0.25, 0.3) is 0 Å². The number of fused-ring (bicyclic) bond motifs is 3. The smallest absolute Gasteiger partial charge is 0.409 e. The Hall–Kier alpha value is -3.56. The SMILES string of the molecule is CN(C(=O)CC(NC(=O)OCC1c2ccccc2-c2ccccc21)C(F)(F)F)C1(C(=O)O)CC1. The summed E-state index contributed by atoms with van der Waals surface area (Å²) in [4.78, 5) is 36.9. The Balaban J connectivity index is 1.42. The highest BCUT2D eigenvalue weighted by Gasteiger charge is 2.56. The topological polar surface area (TPSA) is 95.9 Å². The van der Waals surface area contributed by atoms with Crippen LogP contribution >= 0.6 is 0 Å². The van der Waals surface area contributed by atoms with E-state index < -0.39 is 42.1 Å². The zero-order valence-electron chi connectivity index (χ0n) is 18.3. The van der Waals surface area contributed by atoms with Crippen LogP contribution in [0.4, 0.5) is 18.0 Å². The van der Waals surface area contributed by atoms with Gasteiger partial charge in [0.2, 0.25) is 5.91 Å². The van der Waals surface area contributed by atoms with Gasteiger partial charge in [-0.1, -0.05) is 48.5 Å². The summed E-state index contributed by atoms with van der Waals surface area (Å²) in [5, 5.41) is 11.0. The molecule has 0 radical (unpaired) electrons. The Morgan fingerprint density at radius 1 is 1.09 bits per heavy atom. The van der Waals surface area contributed by atoms with Gasteiger partial charge >= 0.3 is 18.2 Å². The third-order valence-electron chi connectivity index (χ3n) is 6.55. The third-order valence-corrected chi connectivity index (χ3v) is 6.55. The molecule has 2 amide bonds. The normalized spacial score (nSPS) is 16.7. The van der Waals surface area contributed by atoms with Gasteiger partial charge in [0.05, 0.1) is 6.42 Å². The fourth-order valence-corrected chi connectivity index (χ4v) is 4.39. The highest BCUT2D eigenvalue weighted by atomic mass is 19.4. The number of alkyl halides is 3. The van der Waals surface area contributed by atoms with Crippen LogP contribution < -0.4 is 5.32 Å². The molecule has 2 aromatic rings. The number of carbonyl (C=O) groups is 3. The highest BCUT2D eigenvalue weighted by Crippen LogP contribution is 2.44. The number of hydrogen-bond donors (Lipinski definition) is 2. The summed E-state index contributed by atoms with van der Waals surface area (Å²) in [5.41, 5.74) is 2.28. The molecule has 0 saturated heterocycles. The molecule has 0 aliphatic heterocycles. The van der Waals surface area contributed by atoms with E-state index in [4.69, 9.17) is 4.74 Å². The number of hydrogen-bond acceptors (Lipinski definition) is 4. The van der Waals surface area contributed by atoms with Crippen molar-refractivity contribution in [1.82, 2.24) is 10.2 Å². The first-order chi connectivity index (χ1) is 16.0. The summed E-state index contributed by atoms with van der Waals surface area (Å²) in [7, 11) is 1.16. The van der Waals surface area contributed by atoms with Gasteiger partial charge in [0.1, 0.15) is 18.2 Å². The molecule has 1 unspecified atom stereocenters. The van der Waals surface area contributed by atoms with Gasteiger partial charge in [-0.05, 0) is 35.1 Å². The van der Waals surface area contributed by atoms with Crippen molar-refractivity contribution in [2.75, 3.05) is 13.7 Å². The lowest BCUT2D eigenvalue weighted by molar-refractivity contribution is -0.165. The summed E-state index contributed by atoms with van der Waals surface area (Å²) in [6, 6.07) is 12.5. The molecule has 10 heteroatoms. The second kappa shape index (κ2) is 8.66. The van der Waals surface area contributed by atoms with Crippen molar-refractivity contribution in [3.05, 3.63) is 59.7 Å². The second-order valence-electron chi connectivity index (χ2n) is 8.56. The first-order valence-electron chi connectivity index (χ1n) is 10.7. The Kier molecular flexibility index (Phi) is 6.01. The van der Waals surface area contributed by atoms with Crippen molar-refractivity contribution < 1.29 is 37.4 Å². The molecule has 2 aliphatic rings. The van der Waals surface area contributed by atoms with Gasteiger partial charge in [0, 0.05) is 13.0 Å². The summed E-state index contributed by atoms with van der Waals surface area (Å²) in [5.74, 6) is -2.63. The monoisotopic (exact) mass is 476 g/mol. The molecule has 1 fully saturated rings. The van der Waals surface area contributed by atoms with Crippen LogP contribution in [0.5, 0.6) is 0 Å². The van der Waals surface area contributed by atoms with E-state index in [0.29, 0.717) is 0 Å². The van der Waals surface area contributed by atoms with Gasteiger partial charge in [0.15, 0.2) is 0 Å². The molecule has 0 spiro atoms. The van der Waals surface area contributed by atoms with Gasteiger partial charge in [-0.3, -0.25) is 4.79 Å². The molecule has 2 aliphatic carbocycles. The van der Waals surface area contributed by atoms with Crippen LogP contribution in [0.15, 0.2) is 48.5 Å². The largest absolute Gasteiger partial charge is 0.479 e. The molecular formula is C24H23F3N2O5. The number of carbonyl (C=O) groups excluding carboxylic acids is 2. The molecule has 7 nitrogen and oxygen atoms in total. The number of likely N-dealkylation sites (N-methyl/N-ethyl adjacent to an activating group) is 1. The van der Waals surface area contributed by atoms with E-state index in [2.05, 4.69) is 0 Å². The number of benzene rings is 2. The Morgan fingerprint density at radius 3 is 2.09 bits per heavy atom. The van der Waals surface area contributed by atoms with E-state index >= 15 is 0 Å². The second-order valence-corrected chi connectivity index (χ2v) is 8.56. The summed E-state index contributed by atoms with van der Waals surface area (Å²) >= 11 is 0. The molecule has 180 valence electrons. The Bertz CT molecular complexity index is 1080. The molecule has 0 heterocycles. The third kappa shape index (κ3) is 4.32.